The zero-order valence-corrected chi connectivity index (χ0v) is 14.7. The molecule has 0 radical (unpaired) electrons. The lowest BCUT2D eigenvalue weighted by molar-refractivity contribution is 0.0697. The van der Waals surface area contributed by atoms with E-state index in [4.69, 9.17) is 5.11 Å². The Labute approximate surface area is 154 Å². The predicted octanol–water partition coefficient (Wildman–Crippen LogP) is 5.11. The molecule has 2 aromatic carbocycles. The summed E-state index contributed by atoms with van der Waals surface area (Å²) in [5.41, 5.74) is 2.04. The first-order chi connectivity index (χ1) is 12.6. The Hall–Kier alpha value is -3.25. The molecule has 0 aliphatic carbocycles. The fourth-order valence-electron chi connectivity index (χ4n) is 2.73. The number of fused-ring (bicyclic) bond motifs is 1. The molecule has 2 heterocycles. The van der Waals surface area contributed by atoms with E-state index in [2.05, 4.69) is 33.5 Å². The standard InChI is InChI=1S/C20H15N3O2S/c1-12-21-18(23-15-9-5-8-14(10-15)20(24)25)16-11-17(26-19(16)22-12)13-6-3-2-4-7-13/h2-11H,1H3,(H,24,25)(H,21,22,23). The average molecular weight is 361 g/mol. The van der Waals surface area contributed by atoms with E-state index in [-0.39, 0.29) is 5.56 Å². The second kappa shape index (κ2) is 6.57. The van der Waals surface area contributed by atoms with Gasteiger partial charge in [0.25, 0.3) is 0 Å². The molecule has 0 bridgehead atoms. The van der Waals surface area contributed by atoms with Crippen LogP contribution in [0.25, 0.3) is 20.7 Å². The number of benzene rings is 2. The third kappa shape index (κ3) is 3.14. The van der Waals surface area contributed by atoms with Crippen molar-refractivity contribution in [1.29, 1.82) is 0 Å². The first-order valence-corrected chi connectivity index (χ1v) is 8.86. The normalized spacial score (nSPS) is 10.8. The summed E-state index contributed by atoms with van der Waals surface area (Å²) >= 11 is 1.61. The van der Waals surface area contributed by atoms with Crippen molar-refractivity contribution in [3.05, 3.63) is 72.1 Å². The second-order valence-corrected chi connectivity index (χ2v) is 6.86. The second-order valence-electron chi connectivity index (χ2n) is 5.83. The number of carboxylic acids is 1. The Bertz CT molecular complexity index is 1110. The van der Waals surface area contributed by atoms with Gasteiger partial charge in [0.05, 0.1) is 10.9 Å². The van der Waals surface area contributed by atoms with Gasteiger partial charge < -0.3 is 10.4 Å². The van der Waals surface area contributed by atoms with Gasteiger partial charge in [-0.1, -0.05) is 36.4 Å². The molecule has 0 spiro atoms. The van der Waals surface area contributed by atoms with Crippen LogP contribution in [0.5, 0.6) is 0 Å². The number of aryl methyl sites for hydroxylation is 1. The van der Waals surface area contributed by atoms with E-state index in [9.17, 15) is 4.79 Å². The van der Waals surface area contributed by atoms with E-state index >= 15 is 0 Å². The number of aromatic nitrogens is 2. The summed E-state index contributed by atoms with van der Waals surface area (Å²) in [6.45, 7) is 1.85. The van der Waals surface area contributed by atoms with Gasteiger partial charge in [-0.25, -0.2) is 14.8 Å². The molecule has 6 heteroatoms. The molecule has 0 saturated carbocycles. The van der Waals surface area contributed by atoms with Crippen LogP contribution in [-0.4, -0.2) is 21.0 Å². The summed E-state index contributed by atoms with van der Waals surface area (Å²) in [5, 5.41) is 13.3. The number of hydrogen-bond acceptors (Lipinski definition) is 5. The lowest BCUT2D eigenvalue weighted by Crippen LogP contribution is -2.00. The fraction of sp³-hybridized carbons (Fsp3) is 0.0500. The van der Waals surface area contributed by atoms with Crippen LogP contribution in [0.4, 0.5) is 11.5 Å². The molecular formula is C20H15N3O2S. The van der Waals surface area contributed by atoms with Gasteiger partial charge in [0.1, 0.15) is 16.5 Å². The van der Waals surface area contributed by atoms with E-state index in [1.54, 1.807) is 29.5 Å². The van der Waals surface area contributed by atoms with Gasteiger partial charge in [0.2, 0.25) is 0 Å². The van der Waals surface area contributed by atoms with Gasteiger partial charge in [-0.2, -0.15) is 0 Å². The van der Waals surface area contributed by atoms with E-state index in [0.29, 0.717) is 17.3 Å². The van der Waals surface area contributed by atoms with Gasteiger partial charge in [-0.15, -0.1) is 11.3 Å². The SMILES string of the molecule is Cc1nc(Nc2cccc(C(=O)O)c2)c2cc(-c3ccccc3)sc2n1. The zero-order chi connectivity index (χ0) is 18.1. The first-order valence-electron chi connectivity index (χ1n) is 8.04. The molecule has 0 unspecified atom stereocenters. The number of thiophene rings is 1. The maximum Gasteiger partial charge on any atom is 0.335 e. The number of nitrogens with zero attached hydrogens (tertiary/aromatic N) is 2. The van der Waals surface area contributed by atoms with Gasteiger partial charge >= 0.3 is 5.97 Å². The van der Waals surface area contributed by atoms with E-state index in [0.717, 1.165) is 20.7 Å². The van der Waals surface area contributed by atoms with E-state index in [1.165, 1.54) is 0 Å². The van der Waals surface area contributed by atoms with Crippen molar-refractivity contribution in [1.82, 2.24) is 9.97 Å². The zero-order valence-electron chi connectivity index (χ0n) is 13.9. The van der Waals surface area contributed by atoms with Gasteiger partial charge in [0.15, 0.2) is 0 Å². The summed E-state index contributed by atoms with van der Waals surface area (Å²) in [6, 6.07) is 18.9. The minimum Gasteiger partial charge on any atom is -0.478 e. The molecule has 4 aromatic rings. The lowest BCUT2D eigenvalue weighted by atomic mass is 10.2. The minimum atomic E-state index is -0.959. The van der Waals surface area contributed by atoms with Gasteiger partial charge in [0, 0.05) is 10.6 Å². The van der Waals surface area contributed by atoms with Crippen LogP contribution in [0.3, 0.4) is 0 Å². The molecule has 0 atom stereocenters. The monoisotopic (exact) mass is 361 g/mol. The molecule has 4 rings (SSSR count). The highest BCUT2D eigenvalue weighted by Gasteiger charge is 2.12. The number of carbonyl (C=O) groups is 1. The molecule has 5 nitrogen and oxygen atoms in total. The van der Waals surface area contributed by atoms with Crippen LogP contribution in [0.15, 0.2) is 60.7 Å². The summed E-state index contributed by atoms with van der Waals surface area (Å²) in [5.74, 6) is 0.379. The molecule has 0 aliphatic heterocycles. The largest absolute Gasteiger partial charge is 0.478 e. The molecule has 2 aromatic heterocycles. The number of anilines is 2. The van der Waals surface area contributed by atoms with Crippen molar-refractivity contribution in [2.75, 3.05) is 5.32 Å². The number of rotatable bonds is 4. The van der Waals surface area contributed by atoms with E-state index in [1.807, 2.05) is 31.2 Å². The van der Waals surface area contributed by atoms with Crippen molar-refractivity contribution in [2.24, 2.45) is 0 Å². The Morgan fingerprint density at radius 2 is 1.85 bits per heavy atom. The average Bonchev–Trinajstić information content (AvgIpc) is 3.07. The lowest BCUT2D eigenvalue weighted by Gasteiger charge is -2.08. The molecular weight excluding hydrogens is 346 g/mol. The quantitative estimate of drug-likeness (QED) is 0.528. The van der Waals surface area contributed by atoms with Crippen molar-refractivity contribution >= 4 is 39.0 Å². The molecule has 0 amide bonds. The third-order valence-electron chi connectivity index (χ3n) is 3.94. The van der Waals surface area contributed by atoms with Crippen LogP contribution < -0.4 is 5.32 Å². The summed E-state index contributed by atoms with van der Waals surface area (Å²) in [6.07, 6.45) is 0. The van der Waals surface area contributed by atoms with Crippen LogP contribution in [0, 0.1) is 6.92 Å². The van der Waals surface area contributed by atoms with Gasteiger partial charge in [-0.05, 0) is 36.8 Å². The highest BCUT2D eigenvalue weighted by molar-refractivity contribution is 7.21. The molecule has 128 valence electrons. The highest BCUT2D eigenvalue weighted by Crippen LogP contribution is 2.36. The molecule has 26 heavy (non-hydrogen) atoms. The third-order valence-corrected chi connectivity index (χ3v) is 5.01. The predicted molar refractivity (Wildman–Crippen MR) is 104 cm³/mol. The summed E-state index contributed by atoms with van der Waals surface area (Å²) < 4.78 is 0. The van der Waals surface area contributed by atoms with Crippen molar-refractivity contribution < 1.29 is 9.90 Å². The van der Waals surface area contributed by atoms with Crippen LogP contribution in [0.2, 0.25) is 0 Å². The summed E-state index contributed by atoms with van der Waals surface area (Å²) in [4.78, 5) is 22.2. The molecule has 0 saturated heterocycles. The van der Waals surface area contributed by atoms with Crippen molar-refractivity contribution in [3.63, 3.8) is 0 Å². The Balaban J connectivity index is 1.78. The van der Waals surface area contributed by atoms with E-state index < -0.39 is 5.97 Å². The molecule has 0 fully saturated rings. The van der Waals surface area contributed by atoms with Crippen molar-refractivity contribution in [2.45, 2.75) is 6.92 Å². The van der Waals surface area contributed by atoms with Crippen LogP contribution in [-0.2, 0) is 0 Å². The maximum absolute atomic E-state index is 11.2. The highest BCUT2D eigenvalue weighted by atomic mass is 32.1. The fourth-order valence-corrected chi connectivity index (χ4v) is 3.82. The van der Waals surface area contributed by atoms with Crippen LogP contribution in [0.1, 0.15) is 16.2 Å². The minimum absolute atomic E-state index is 0.229. The maximum atomic E-state index is 11.2. The Morgan fingerprint density at radius 1 is 1.04 bits per heavy atom. The van der Waals surface area contributed by atoms with Crippen LogP contribution >= 0.6 is 11.3 Å². The topological polar surface area (TPSA) is 75.1 Å². The first kappa shape index (κ1) is 16.2. The summed E-state index contributed by atoms with van der Waals surface area (Å²) in [7, 11) is 0. The van der Waals surface area contributed by atoms with Gasteiger partial charge in [-0.3, -0.25) is 0 Å². The number of nitrogens with one attached hydrogen (secondary N) is 1. The van der Waals surface area contributed by atoms with Crippen molar-refractivity contribution in [3.8, 4) is 10.4 Å². The molecule has 0 aliphatic rings. The number of carboxylic acid groups (broad SMARTS) is 1. The smallest absolute Gasteiger partial charge is 0.335 e. The number of aromatic carboxylic acids is 1. The molecule has 2 N–H and O–H groups in total. The Kier molecular flexibility index (Phi) is 4.10. The Morgan fingerprint density at radius 3 is 2.62 bits per heavy atom. The number of hydrogen-bond donors (Lipinski definition) is 2.